The summed E-state index contributed by atoms with van der Waals surface area (Å²) < 4.78 is 10.5. The Kier molecular flexibility index (Phi) is 7.59. The molecule has 1 N–H and O–H groups in total. The van der Waals surface area contributed by atoms with E-state index in [1.165, 1.54) is 17.4 Å². The lowest BCUT2D eigenvalue weighted by atomic mass is 10.1. The van der Waals surface area contributed by atoms with Crippen molar-refractivity contribution in [3.63, 3.8) is 0 Å². The van der Waals surface area contributed by atoms with Gasteiger partial charge in [-0.1, -0.05) is 24.1 Å². The summed E-state index contributed by atoms with van der Waals surface area (Å²) in [5.41, 5.74) is 1.44. The number of ether oxygens (including phenoxy) is 2. The fourth-order valence-electron chi connectivity index (χ4n) is 2.49. The Morgan fingerprint density at radius 2 is 2.03 bits per heavy atom. The van der Waals surface area contributed by atoms with Crippen LogP contribution in [0.3, 0.4) is 0 Å². The number of nitrogens with zero attached hydrogens (tertiary/aromatic N) is 1. The first-order valence-corrected chi connectivity index (χ1v) is 9.60. The number of terminal acetylenes is 1. The molecule has 0 bridgehead atoms. The number of nitriles is 1. The van der Waals surface area contributed by atoms with E-state index >= 15 is 0 Å². The molecular weight excluding hydrogens is 388 g/mol. The van der Waals surface area contributed by atoms with E-state index in [0.29, 0.717) is 21.9 Å². The molecule has 6 nitrogen and oxygen atoms in total. The zero-order valence-electron chi connectivity index (χ0n) is 16.4. The number of para-hydroxylation sites is 1. The number of esters is 1. The molecule has 0 aliphatic rings. The van der Waals surface area contributed by atoms with Crippen LogP contribution in [0.2, 0.25) is 0 Å². The predicted molar refractivity (Wildman–Crippen MR) is 113 cm³/mol. The third kappa shape index (κ3) is 5.25. The van der Waals surface area contributed by atoms with Gasteiger partial charge in [0.1, 0.15) is 29.0 Å². The average Bonchev–Trinajstić information content (AvgIpc) is 2.98. The summed E-state index contributed by atoms with van der Waals surface area (Å²) >= 11 is 1.26. The van der Waals surface area contributed by atoms with Gasteiger partial charge in [-0.3, -0.25) is 4.79 Å². The number of benzene rings is 1. The first kappa shape index (κ1) is 21.7. The predicted octanol–water partition coefficient (Wildman–Crippen LogP) is 4.10. The van der Waals surface area contributed by atoms with Crippen LogP contribution < -0.4 is 10.1 Å². The molecule has 0 saturated carbocycles. The first-order chi connectivity index (χ1) is 13.9. The molecule has 2 aromatic rings. The maximum atomic E-state index is 12.7. The van der Waals surface area contributed by atoms with Crippen LogP contribution in [-0.2, 0) is 9.53 Å². The second kappa shape index (κ2) is 10.1. The molecule has 0 saturated heterocycles. The van der Waals surface area contributed by atoms with Crippen molar-refractivity contribution in [3.8, 4) is 24.2 Å². The molecule has 2 rings (SSSR count). The normalized spacial score (nSPS) is 10.6. The Bertz CT molecular complexity index is 1040. The van der Waals surface area contributed by atoms with E-state index in [4.69, 9.17) is 15.9 Å². The Balaban J connectivity index is 2.35. The van der Waals surface area contributed by atoms with Crippen molar-refractivity contribution in [1.29, 1.82) is 5.26 Å². The molecule has 0 unspecified atom stereocenters. The molecular formula is C22H20N2O4S. The van der Waals surface area contributed by atoms with Gasteiger partial charge < -0.3 is 14.8 Å². The van der Waals surface area contributed by atoms with Crippen molar-refractivity contribution in [2.24, 2.45) is 0 Å². The molecule has 0 radical (unpaired) electrons. The van der Waals surface area contributed by atoms with Gasteiger partial charge in [0.15, 0.2) is 0 Å². The first-order valence-electron chi connectivity index (χ1n) is 8.78. The second-order valence-corrected chi connectivity index (χ2v) is 7.09. The van der Waals surface area contributed by atoms with Crippen molar-refractivity contribution >= 4 is 34.3 Å². The molecule has 0 fully saturated rings. The number of anilines is 1. The Morgan fingerprint density at radius 3 is 2.69 bits per heavy atom. The number of hydrogen-bond donors (Lipinski definition) is 1. The van der Waals surface area contributed by atoms with Crippen LogP contribution in [-0.4, -0.2) is 25.1 Å². The number of carbonyl (C=O) groups is 2. The maximum absolute atomic E-state index is 12.7. The molecule has 1 amide bonds. The molecule has 1 aromatic heterocycles. The molecule has 0 atom stereocenters. The van der Waals surface area contributed by atoms with Gasteiger partial charge in [0.25, 0.3) is 5.91 Å². The van der Waals surface area contributed by atoms with Crippen LogP contribution in [0.1, 0.15) is 33.3 Å². The minimum Gasteiger partial charge on any atom is -0.480 e. The van der Waals surface area contributed by atoms with E-state index in [1.54, 1.807) is 38.1 Å². The van der Waals surface area contributed by atoms with Gasteiger partial charge in [-0.2, -0.15) is 5.26 Å². The maximum Gasteiger partial charge on any atom is 0.341 e. The minimum atomic E-state index is -0.633. The topological polar surface area (TPSA) is 88.4 Å². The number of thiophene rings is 1. The largest absolute Gasteiger partial charge is 0.480 e. The van der Waals surface area contributed by atoms with Crippen molar-refractivity contribution in [1.82, 2.24) is 0 Å². The summed E-state index contributed by atoms with van der Waals surface area (Å²) in [6, 6.07) is 8.81. The highest BCUT2D eigenvalue weighted by atomic mass is 32.1. The molecule has 1 aromatic carbocycles. The Morgan fingerprint density at radius 1 is 1.31 bits per heavy atom. The number of carbonyl (C=O) groups excluding carboxylic acids is 2. The highest BCUT2D eigenvalue weighted by molar-refractivity contribution is 7.16. The lowest BCUT2D eigenvalue weighted by Gasteiger charge is -2.08. The van der Waals surface area contributed by atoms with Crippen LogP contribution in [0.5, 0.6) is 5.75 Å². The quantitative estimate of drug-likeness (QED) is 0.322. The van der Waals surface area contributed by atoms with Gasteiger partial charge in [-0.25, -0.2) is 4.79 Å². The highest BCUT2D eigenvalue weighted by Gasteiger charge is 2.23. The van der Waals surface area contributed by atoms with Gasteiger partial charge in [-0.15, -0.1) is 17.8 Å². The molecule has 7 heteroatoms. The van der Waals surface area contributed by atoms with Crippen LogP contribution >= 0.6 is 11.3 Å². The molecule has 148 valence electrons. The fourth-order valence-corrected chi connectivity index (χ4v) is 3.53. The van der Waals surface area contributed by atoms with Gasteiger partial charge >= 0.3 is 5.97 Å². The smallest absolute Gasteiger partial charge is 0.341 e. The zero-order valence-corrected chi connectivity index (χ0v) is 17.2. The summed E-state index contributed by atoms with van der Waals surface area (Å²) in [6.07, 6.45) is 6.63. The van der Waals surface area contributed by atoms with Crippen LogP contribution in [0.15, 0.2) is 29.8 Å². The number of nitrogens with one attached hydrogen (secondary N) is 1. The zero-order chi connectivity index (χ0) is 21.4. The SMILES string of the molecule is C#CCOc1ccccc1/C=C(\C#N)C(=O)Nc1sc(C)c(C)c1C(=O)OCC. The average molecular weight is 408 g/mol. The molecule has 0 aliphatic carbocycles. The molecule has 0 aliphatic heterocycles. The molecule has 1 heterocycles. The third-order valence-corrected chi connectivity index (χ3v) is 5.11. The van der Waals surface area contributed by atoms with Crippen molar-refractivity contribution in [2.75, 3.05) is 18.5 Å². The van der Waals surface area contributed by atoms with Gasteiger partial charge in [0.05, 0.1) is 12.2 Å². The van der Waals surface area contributed by atoms with Crippen molar-refractivity contribution in [3.05, 3.63) is 51.4 Å². The van der Waals surface area contributed by atoms with E-state index in [0.717, 1.165) is 10.4 Å². The van der Waals surface area contributed by atoms with Crippen LogP contribution in [0, 0.1) is 37.5 Å². The van der Waals surface area contributed by atoms with E-state index in [-0.39, 0.29) is 18.8 Å². The van der Waals surface area contributed by atoms with Gasteiger partial charge in [0.2, 0.25) is 0 Å². The Labute approximate surface area is 173 Å². The van der Waals surface area contributed by atoms with E-state index in [1.807, 2.05) is 13.0 Å². The Hall–Kier alpha value is -3.55. The molecule has 0 spiro atoms. The van der Waals surface area contributed by atoms with Crippen LogP contribution in [0.4, 0.5) is 5.00 Å². The van der Waals surface area contributed by atoms with E-state index in [9.17, 15) is 14.9 Å². The van der Waals surface area contributed by atoms with Gasteiger partial charge in [-0.05, 0) is 38.5 Å². The standard InChI is InChI=1S/C22H20N2O4S/c1-5-11-28-18-10-8-7-9-16(18)12-17(13-23)20(25)24-21-19(22(26)27-6-2)14(3)15(4)29-21/h1,7-10,12H,6,11H2,2-4H3,(H,24,25)/b17-12+. The number of aryl methyl sites for hydroxylation is 1. The lowest BCUT2D eigenvalue weighted by molar-refractivity contribution is -0.112. The minimum absolute atomic E-state index is 0.0651. The monoisotopic (exact) mass is 408 g/mol. The summed E-state index contributed by atoms with van der Waals surface area (Å²) in [4.78, 5) is 25.9. The fraction of sp³-hybridized carbons (Fsp3) is 0.227. The summed E-state index contributed by atoms with van der Waals surface area (Å²) in [5.74, 6) is 1.68. The van der Waals surface area contributed by atoms with Gasteiger partial charge in [0, 0.05) is 10.4 Å². The van der Waals surface area contributed by atoms with Crippen molar-refractivity contribution in [2.45, 2.75) is 20.8 Å². The van der Waals surface area contributed by atoms with Crippen LogP contribution in [0.25, 0.3) is 6.08 Å². The number of amides is 1. The second-order valence-electron chi connectivity index (χ2n) is 5.86. The van der Waals surface area contributed by atoms with E-state index in [2.05, 4.69) is 11.2 Å². The highest BCUT2D eigenvalue weighted by Crippen LogP contribution is 2.33. The summed E-state index contributed by atoms with van der Waals surface area (Å²) in [7, 11) is 0. The number of rotatable bonds is 7. The van der Waals surface area contributed by atoms with Crippen molar-refractivity contribution < 1.29 is 19.1 Å². The summed E-state index contributed by atoms with van der Waals surface area (Å²) in [6.45, 7) is 5.63. The summed E-state index contributed by atoms with van der Waals surface area (Å²) in [5, 5.41) is 12.5. The number of hydrogen-bond acceptors (Lipinski definition) is 6. The lowest BCUT2D eigenvalue weighted by Crippen LogP contribution is -2.16. The van der Waals surface area contributed by atoms with E-state index < -0.39 is 11.9 Å². The molecule has 29 heavy (non-hydrogen) atoms. The third-order valence-electron chi connectivity index (χ3n) is 3.99.